The Kier molecular flexibility index (Phi) is 36.8. The van der Waals surface area contributed by atoms with Gasteiger partial charge in [-0.25, -0.2) is 4.57 Å². The van der Waals surface area contributed by atoms with Gasteiger partial charge in [0.05, 0.1) is 12.7 Å². The highest BCUT2D eigenvalue weighted by atomic mass is 31.2. The summed E-state index contributed by atoms with van der Waals surface area (Å²) in [5, 5.41) is 9.25. The summed E-state index contributed by atoms with van der Waals surface area (Å²) in [5.41, 5.74) is 0. The first-order valence-corrected chi connectivity index (χ1v) is 22.5. The summed E-state index contributed by atoms with van der Waals surface area (Å²) in [6, 6.07) is 0. The van der Waals surface area contributed by atoms with E-state index >= 15 is 0 Å². The third-order valence-electron chi connectivity index (χ3n) is 8.87. The molecule has 53 heavy (non-hydrogen) atoms. The molecule has 0 amide bonds. The Bertz CT molecular complexity index is 1020. The van der Waals surface area contributed by atoms with Crippen LogP contribution in [-0.2, 0) is 28.2 Å². The van der Waals surface area contributed by atoms with Gasteiger partial charge in [-0.05, 0) is 64.7 Å². The van der Waals surface area contributed by atoms with Crippen molar-refractivity contribution in [2.45, 2.75) is 199 Å². The molecule has 2 atom stereocenters. The largest absolute Gasteiger partial charge is 0.469 e. The normalized spacial score (nSPS) is 13.5. The molecule has 0 aliphatic carbocycles. The zero-order chi connectivity index (χ0) is 39.1. The Morgan fingerprint density at radius 3 is 1.43 bits per heavy atom. The van der Waals surface area contributed by atoms with Crippen molar-refractivity contribution in [3.63, 3.8) is 0 Å². The Hall–Kier alpha value is -2.03. The Morgan fingerprint density at radius 2 is 0.981 bits per heavy atom. The van der Waals surface area contributed by atoms with Crippen molar-refractivity contribution in [1.82, 2.24) is 0 Å². The summed E-state index contributed by atoms with van der Waals surface area (Å²) >= 11 is 0. The van der Waals surface area contributed by atoms with E-state index in [4.69, 9.17) is 19.3 Å². The number of hydrogen-bond donors (Lipinski definition) is 3. The number of allylic oxidation sites excluding steroid dienone is 8. The van der Waals surface area contributed by atoms with Gasteiger partial charge in [0, 0.05) is 12.8 Å². The van der Waals surface area contributed by atoms with Crippen LogP contribution >= 0.6 is 7.82 Å². The van der Waals surface area contributed by atoms with Gasteiger partial charge in [0.15, 0.2) is 6.10 Å². The van der Waals surface area contributed by atoms with Crippen LogP contribution in [0, 0.1) is 0 Å². The fourth-order valence-electron chi connectivity index (χ4n) is 5.74. The molecule has 3 N–H and O–H groups in total. The molecular formula is C43H77O9P. The molecule has 0 aliphatic rings. The van der Waals surface area contributed by atoms with E-state index in [1.54, 1.807) is 0 Å². The van der Waals surface area contributed by atoms with Crippen molar-refractivity contribution >= 4 is 19.8 Å². The monoisotopic (exact) mass is 769 g/mol. The number of carbonyl (C=O) groups is 2. The molecule has 0 spiro atoms. The lowest BCUT2D eigenvalue weighted by Gasteiger charge is -2.18. The van der Waals surface area contributed by atoms with Gasteiger partial charge in [-0.15, -0.1) is 0 Å². The zero-order valence-corrected chi connectivity index (χ0v) is 34.4. The number of esters is 2. The van der Waals surface area contributed by atoms with Crippen molar-refractivity contribution in [1.29, 1.82) is 0 Å². The maximum atomic E-state index is 12.4. The lowest BCUT2D eigenvalue weighted by Crippen LogP contribution is -2.29. The van der Waals surface area contributed by atoms with Crippen LogP contribution in [0.3, 0.4) is 0 Å². The number of carbonyl (C=O) groups excluding carboxylic acids is 2. The highest BCUT2D eigenvalue weighted by Crippen LogP contribution is 2.36. The van der Waals surface area contributed by atoms with Crippen LogP contribution in [0.2, 0.25) is 0 Å². The van der Waals surface area contributed by atoms with E-state index < -0.39 is 32.5 Å². The van der Waals surface area contributed by atoms with Gasteiger partial charge in [0.2, 0.25) is 0 Å². The maximum Gasteiger partial charge on any atom is 0.469 e. The average Bonchev–Trinajstić information content (AvgIpc) is 3.11. The molecule has 9 nitrogen and oxygen atoms in total. The molecule has 0 aromatic carbocycles. The number of aliphatic hydroxyl groups excluding tert-OH is 1. The fourth-order valence-corrected chi connectivity index (χ4v) is 6.10. The first-order valence-electron chi connectivity index (χ1n) is 21.0. The molecule has 0 saturated heterocycles. The second kappa shape index (κ2) is 38.3. The second-order valence-electron chi connectivity index (χ2n) is 14.3. The third kappa shape index (κ3) is 42.6. The van der Waals surface area contributed by atoms with Crippen LogP contribution in [0.4, 0.5) is 0 Å². The van der Waals surface area contributed by atoms with Gasteiger partial charge in [-0.1, -0.05) is 158 Å². The van der Waals surface area contributed by atoms with E-state index in [2.05, 4.69) is 54.0 Å². The predicted octanol–water partition coefficient (Wildman–Crippen LogP) is 11.7. The van der Waals surface area contributed by atoms with E-state index in [0.717, 1.165) is 57.8 Å². The topological polar surface area (TPSA) is 140 Å². The molecular weight excluding hydrogens is 691 g/mol. The van der Waals surface area contributed by atoms with Gasteiger partial charge in [0.25, 0.3) is 0 Å². The first kappa shape index (κ1) is 51.0. The number of rotatable bonds is 38. The third-order valence-corrected chi connectivity index (χ3v) is 9.35. The van der Waals surface area contributed by atoms with Crippen LogP contribution in [0.5, 0.6) is 0 Å². The molecule has 0 aliphatic heterocycles. The van der Waals surface area contributed by atoms with E-state index in [9.17, 15) is 19.3 Å². The summed E-state index contributed by atoms with van der Waals surface area (Å²) in [6.45, 7) is 3.20. The lowest BCUT2D eigenvalue weighted by atomic mass is 10.0. The SMILES string of the molecule is CCCCCCCCCCCCCCCCCCCC(=O)O[C@H](COC(=O)CCC/C=C\C/C=C\C/C=C\C/C=C\CCC[C@@H](C)O)COP(=O)(O)O. The van der Waals surface area contributed by atoms with Gasteiger partial charge < -0.3 is 24.4 Å². The highest BCUT2D eigenvalue weighted by molar-refractivity contribution is 7.46. The second-order valence-corrected chi connectivity index (χ2v) is 15.5. The van der Waals surface area contributed by atoms with E-state index in [1.165, 1.54) is 83.5 Å². The number of phosphoric ester groups is 1. The standard InChI is InChI=1S/C43H77O9P/c1-3-4-5-6-7-8-9-10-11-12-15-19-22-25-28-31-34-37-43(46)52-41(39-51-53(47,48)49)38-50-42(45)36-33-30-27-24-21-18-16-13-14-17-20-23-26-29-32-35-40(2)44/h14,16-18,23-24,26-27,40-41,44H,3-13,15,19-22,25,28-39H2,1-2H3,(H2,47,48,49)/b17-14-,18-16-,26-23-,27-24-/t40-,41-/m1/s1. The lowest BCUT2D eigenvalue weighted by molar-refractivity contribution is -0.161. The van der Waals surface area contributed by atoms with Crippen molar-refractivity contribution in [2.75, 3.05) is 13.2 Å². The van der Waals surface area contributed by atoms with E-state index in [-0.39, 0.29) is 25.6 Å². The fraction of sp³-hybridized carbons (Fsp3) is 0.767. The van der Waals surface area contributed by atoms with Crippen LogP contribution in [-0.4, -0.2) is 52.3 Å². The van der Waals surface area contributed by atoms with Crippen molar-refractivity contribution in [2.24, 2.45) is 0 Å². The van der Waals surface area contributed by atoms with E-state index in [1.807, 2.05) is 13.0 Å². The van der Waals surface area contributed by atoms with Gasteiger partial charge in [0.1, 0.15) is 6.61 Å². The predicted molar refractivity (Wildman–Crippen MR) is 217 cm³/mol. The highest BCUT2D eigenvalue weighted by Gasteiger charge is 2.22. The van der Waals surface area contributed by atoms with Gasteiger partial charge in [-0.2, -0.15) is 0 Å². The van der Waals surface area contributed by atoms with Crippen LogP contribution in [0.15, 0.2) is 48.6 Å². The number of phosphoric acid groups is 1. The zero-order valence-electron chi connectivity index (χ0n) is 33.5. The molecule has 0 bridgehead atoms. The Morgan fingerprint density at radius 1 is 0.566 bits per heavy atom. The summed E-state index contributed by atoms with van der Waals surface area (Å²) in [6.07, 6.45) is 44.0. The minimum Gasteiger partial charge on any atom is -0.462 e. The molecule has 0 radical (unpaired) electrons. The minimum atomic E-state index is -4.77. The van der Waals surface area contributed by atoms with Crippen LogP contribution in [0.1, 0.15) is 187 Å². The molecule has 0 aromatic heterocycles. The number of ether oxygens (including phenoxy) is 2. The van der Waals surface area contributed by atoms with Crippen molar-refractivity contribution < 1.29 is 43.0 Å². The molecule has 0 rings (SSSR count). The Balaban J connectivity index is 4.00. The molecule has 0 unspecified atom stereocenters. The average molecular weight is 769 g/mol. The first-order chi connectivity index (χ1) is 25.6. The molecule has 308 valence electrons. The van der Waals surface area contributed by atoms with Crippen molar-refractivity contribution in [3.8, 4) is 0 Å². The summed E-state index contributed by atoms with van der Waals surface area (Å²) < 4.78 is 26.3. The van der Waals surface area contributed by atoms with Gasteiger partial charge >= 0.3 is 19.8 Å². The molecule has 0 fully saturated rings. The minimum absolute atomic E-state index is 0.180. The molecule has 0 saturated carbocycles. The van der Waals surface area contributed by atoms with Crippen LogP contribution < -0.4 is 0 Å². The quantitative estimate of drug-likeness (QED) is 0.0242. The molecule has 0 heterocycles. The number of hydrogen-bond acceptors (Lipinski definition) is 7. The maximum absolute atomic E-state index is 12.4. The smallest absolute Gasteiger partial charge is 0.462 e. The van der Waals surface area contributed by atoms with Crippen LogP contribution in [0.25, 0.3) is 0 Å². The molecule has 0 aromatic rings. The number of unbranched alkanes of at least 4 members (excludes halogenated alkanes) is 18. The van der Waals surface area contributed by atoms with Crippen molar-refractivity contribution in [3.05, 3.63) is 48.6 Å². The van der Waals surface area contributed by atoms with E-state index in [0.29, 0.717) is 19.3 Å². The molecule has 10 heteroatoms. The number of aliphatic hydroxyl groups is 1. The summed E-state index contributed by atoms with van der Waals surface area (Å²) in [7, 11) is -4.77. The summed E-state index contributed by atoms with van der Waals surface area (Å²) in [4.78, 5) is 42.8. The Labute approximate surface area is 323 Å². The van der Waals surface area contributed by atoms with Gasteiger partial charge in [-0.3, -0.25) is 14.1 Å². The summed E-state index contributed by atoms with van der Waals surface area (Å²) in [5.74, 6) is -0.963.